The number of aromatic carboxylic acids is 1. The number of carboxylic acid groups (broad SMARTS) is 1. The third-order valence-electron chi connectivity index (χ3n) is 6.07. The Morgan fingerprint density at radius 3 is 2.71 bits per heavy atom. The Balaban J connectivity index is 1.78. The highest BCUT2D eigenvalue weighted by Gasteiger charge is 2.45. The van der Waals surface area contributed by atoms with Gasteiger partial charge in [0.25, 0.3) is 0 Å². The number of nitrogens with one attached hydrogen (secondary N) is 1. The lowest BCUT2D eigenvalue weighted by Gasteiger charge is -2.48. The van der Waals surface area contributed by atoms with E-state index in [0.717, 1.165) is 35.4 Å². The van der Waals surface area contributed by atoms with E-state index in [0.29, 0.717) is 6.54 Å². The van der Waals surface area contributed by atoms with E-state index in [1.54, 1.807) is 36.3 Å². The molecule has 2 aromatic carbocycles. The molecule has 2 aliphatic rings. The summed E-state index contributed by atoms with van der Waals surface area (Å²) < 4.78 is 10.6. The van der Waals surface area contributed by atoms with Gasteiger partial charge in [0.1, 0.15) is 12.4 Å². The summed E-state index contributed by atoms with van der Waals surface area (Å²) in [5.74, 6) is -0.149. The third-order valence-corrected chi connectivity index (χ3v) is 6.07. The first-order chi connectivity index (χ1) is 15.0. The topological polar surface area (TPSA) is 88.1 Å². The molecule has 0 aliphatic carbocycles. The molecule has 3 unspecified atom stereocenters. The fraction of sp³-hybridized carbons (Fsp3) is 0.333. The van der Waals surface area contributed by atoms with Gasteiger partial charge in [-0.25, -0.2) is 9.59 Å². The maximum absolute atomic E-state index is 12.9. The van der Waals surface area contributed by atoms with Crippen LogP contribution in [0.1, 0.15) is 46.4 Å². The number of hydrogen-bond acceptors (Lipinski definition) is 5. The van der Waals surface area contributed by atoms with E-state index in [4.69, 9.17) is 9.47 Å². The largest absolute Gasteiger partial charge is 0.497 e. The van der Waals surface area contributed by atoms with Gasteiger partial charge in [0.15, 0.2) is 0 Å². The number of hydrogen-bond donors (Lipinski definition) is 2. The Labute approximate surface area is 181 Å². The second kappa shape index (κ2) is 8.71. The van der Waals surface area contributed by atoms with Crippen LogP contribution >= 0.6 is 0 Å². The predicted octanol–water partition coefficient (Wildman–Crippen LogP) is 4.64. The molecule has 3 atom stereocenters. The molecular weight excluding hydrogens is 396 g/mol. The molecule has 2 aromatic rings. The number of piperidine rings is 1. The fourth-order valence-corrected chi connectivity index (χ4v) is 4.68. The number of methoxy groups -OCH3 is 1. The van der Waals surface area contributed by atoms with Gasteiger partial charge in [0.05, 0.1) is 24.8 Å². The van der Waals surface area contributed by atoms with Gasteiger partial charge < -0.3 is 24.8 Å². The molecule has 7 heteroatoms. The molecule has 1 saturated heterocycles. The maximum atomic E-state index is 12.9. The Morgan fingerprint density at radius 1 is 1.26 bits per heavy atom. The van der Waals surface area contributed by atoms with Crippen LogP contribution in [0, 0.1) is 5.92 Å². The van der Waals surface area contributed by atoms with Gasteiger partial charge in [-0.1, -0.05) is 24.8 Å². The van der Waals surface area contributed by atoms with E-state index < -0.39 is 12.1 Å². The number of carbonyl (C=O) groups excluding carboxylic acids is 1. The van der Waals surface area contributed by atoms with Gasteiger partial charge >= 0.3 is 12.1 Å². The molecule has 1 fully saturated rings. The highest BCUT2D eigenvalue weighted by atomic mass is 16.6. The summed E-state index contributed by atoms with van der Waals surface area (Å²) in [6, 6.07) is 12.6. The number of benzene rings is 2. The van der Waals surface area contributed by atoms with Gasteiger partial charge in [-0.05, 0) is 54.3 Å². The Morgan fingerprint density at radius 2 is 2.03 bits per heavy atom. The van der Waals surface area contributed by atoms with Crippen LogP contribution in [-0.2, 0) is 4.74 Å². The van der Waals surface area contributed by atoms with Gasteiger partial charge in [0, 0.05) is 18.2 Å². The number of nitrogens with zero attached hydrogens (tertiary/aromatic N) is 1. The fourth-order valence-electron chi connectivity index (χ4n) is 4.68. The molecule has 0 radical (unpaired) electrons. The normalized spacial score (nSPS) is 21.8. The molecule has 2 heterocycles. The van der Waals surface area contributed by atoms with Crippen LogP contribution in [-0.4, -0.2) is 42.3 Å². The average molecular weight is 422 g/mol. The quantitative estimate of drug-likeness (QED) is 0.683. The Hall–Kier alpha value is -3.48. The van der Waals surface area contributed by atoms with Gasteiger partial charge in [0.2, 0.25) is 0 Å². The standard InChI is InChI=1S/C24H26N2O5/c1-3-13-31-24(29)26-12-4-5-18-21(15-6-9-17(30-2)10-7-15)25-20-11-8-16(23(27)28)14-19(20)22(18)26/h3,6-11,14,18,21-22,25H,1,4-5,12-13H2,2H3,(H,27,28). The number of carboxylic acids is 1. The summed E-state index contributed by atoms with van der Waals surface area (Å²) >= 11 is 0. The van der Waals surface area contributed by atoms with Crippen LogP contribution in [0.4, 0.5) is 10.5 Å². The SMILES string of the molecule is C=CCOC(=O)N1CCCC2C(c3ccc(OC)cc3)Nc3ccc(C(=O)O)cc3C21. The lowest BCUT2D eigenvalue weighted by atomic mass is 9.74. The van der Waals surface area contributed by atoms with Crippen LogP contribution in [0.2, 0.25) is 0 Å². The summed E-state index contributed by atoms with van der Waals surface area (Å²) in [5, 5.41) is 13.1. The summed E-state index contributed by atoms with van der Waals surface area (Å²) in [5.41, 5.74) is 2.93. The molecule has 0 aromatic heterocycles. The molecule has 31 heavy (non-hydrogen) atoms. The molecule has 0 bridgehead atoms. The van der Waals surface area contributed by atoms with E-state index in [1.807, 2.05) is 24.3 Å². The average Bonchev–Trinajstić information content (AvgIpc) is 2.81. The monoisotopic (exact) mass is 422 g/mol. The molecule has 162 valence electrons. The van der Waals surface area contributed by atoms with Crippen molar-refractivity contribution in [2.24, 2.45) is 5.92 Å². The Kier molecular flexibility index (Phi) is 5.84. The minimum absolute atomic E-state index is 0.0333. The minimum atomic E-state index is -0.992. The summed E-state index contributed by atoms with van der Waals surface area (Å²) in [7, 11) is 1.63. The van der Waals surface area contributed by atoms with Crippen molar-refractivity contribution in [1.82, 2.24) is 4.90 Å². The van der Waals surface area contributed by atoms with Crippen LogP contribution in [0.3, 0.4) is 0 Å². The van der Waals surface area contributed by atoms with E-state index in [9.17, 15) is 14.7 Å². The molecule has 4 rings (SSSR count). The van der Waals surface area contributed by atoms with E-state index >= 15 is 0 Å². The van der Waals surface area contributed by atoms with Crippen molar-refractivity contribution in [3.63, 3.8) is 0 Å². The summed E-state index contributed by atoms with van der Waals surface area (Å²) in [4.78, 5) is 26.2. The highest BCUT2D eigenvalue weighted by Crippen LogP contribution is 2.50. The van der Waals surface area contributed by atoms with Crippen molar-refractivity contribution >= 4 is 17.7 Å². The van der Waals surface area contributed by atoms with Crippen LogP contribution in [0.5, 0.6) is 5.75 Å². The van der Waals surface area contributed by atoms with E-state index in [1.165, 1.54) is 0 Å². The maximum Gasteiger partial charge on any atom is 0.410 e. The van der Waals surface area contributed by atoms with E-state index in [-0.39, 0.29) is 30.2 Å². The van der Waals surface area contributed by atoms with Crippen LogP contribution in [0.25, 0.3) is 0 Å². The first-order valence-electron chi connectivity index (χ1n) is 10.4. The van der Waals surface area contributed by atoms with Gasteiger partial charge in [-0.3, -0.25) is 0 Å². The second-order valence-corrected chi connectivity index (χ2v) is 7.81. The summed E-state index contributed by atoms with van der Waals surface area (Å²) in [6.45, 7) is 4.30. The zero-order valence-electron chi connectivity index (χ0n) is 17.4. The summed E-state index contributed by atoms with van der Waals surface area (Å²) in [6.07, 6.45) is 2.87. The molecule has 1 amide bonds. The van der Waals surface area contributed by atoms with Crippen molar-refractivity contribution in [3.05, 3.63) is 71.8 Å². The highest BCUT2D eigenvalue weighted by molar-refractivity contribution is 5.89. The first-order valence-corrected chi connectivity index (χ1v) is 10.4. The van der Waals surface area contributed by atoms with Crippen LogP contribution < -0.4 is 10.1 Å². The zero-order chi connectivity index (χ0) is 22.0. The number of fused-ring (bicyclic) bond motifs is 3. The van der Waals surface area contributed by atoms with Crippen molar-refractivity contribution in [1.29, 1.82) is 0 Å². The number of ether oxygens (including phenoxy) is 2. The number of rotatable bonds is 5. The lowest BCUT2D eigenvalue weighted by molar-refractivity contribution is 0.0505. The van der Waals surface area contributed by atoms with Crippen LogP contribution in [0.15, 0.2) is 55.1 Å². The molecule has 7 nitrogen and oxygen atoms in total. The smallest absolute Gasteiger partial charge is 0.410 e. The third kappa shape index (κ3) is 3.95. The van der Waals surface area contributed by atoms with Gasteiger partial charge in [-0.15, -0.1) is 0 Å². The first kappa shape index (κ1) is 20.8. The minimum Gasteiger partial charge on any atom is -0.497 e. The molecule has 2 N–H and O–H groups in total. The van der Waals surface area contributed by atoms with Crippen molar-refractivity contribution in [2.45, 2.75) is 24.9 Å². The number of amides is 1. The molecular formula is C24H26N2O5. The second-order valence-electron chi connectivity index (χ2n) is 7.81. The van der Waals surface area contributed by atoms with Crippen molar-refractivity contribution in [3.8, 4) is 5.75 Å². The zero-order valence-corrected chi connectivity index (χ0v) is 17.4. The number of anilines is 1. The molecule has 0 saturated carbocycles. The molecule has 2 aliphatic heterocycles. The predicted molar refractivity (Wildman–Crippen MR) is 116 cm³/mol. The van der Waals surface area contributed by atoms with E-state index in [2.05, 4.69) is 11.9 Å². The van der Waals surface area contributed by atoms with Crippen molar-refractivity contribution < 1.29 is 24.2 Å². The molecule has 0 spiro atoms. The van der Waals surface area contributed by atoms with Gasteiger partial charge in [-0.2, -0.15) is 0 Å². The van der Waals surface area contributed by atoms with Crippen molar-refractivity contribution in [2.75, 3.05) is 25.6 Å². The Bertz CT molecular complexity index is 988. The lowest BCUT2D eigenvalue weighted by Crippen LogP contribution is -2.48. The number of carbonyl (C=O) groups is 2. The number of likely N-dealkylation sites (tertiary alicyclic amines) is 1.